The molecule has 0 saturated heterocycles. The van der Waals surface area contributed by atoms with Crippen LogP contribution in [0.3, 0.4) is 0 Å². The van der Waals surface area contributed by atoms with Gasteiger partial charge in [-0.15, -0.1) is 0 Å². The molecule has 0 bridgehead atoms. The number of aromatic nitrogens is 1. The first kappa shape index (κ1) is 9.98. The summed E-state index contributed by atoms with van der Waals surface area (Å²) in [5.74, 6) is 0. The van der Waals surface area contributed by atoms with E-state index in [-0.39, 0.29) is 0 Å². The van der Waals surface area contributed by atoms with Crippen LogP contribution in [0.4, 0.5) is 0 Å². The molecule has 15 heavy (non-hydrogen) atoms. The number of rotatable bonds is 1. The summed E-state index contributed by atoms with van der Waals surface area (Å²) in [4.78, 5) is 0. The molecule has 78 valence electrons. The molecule has 2 rings (SSSR count). The summed E-state index contributed by atoms with van der Waals surface area (Å²) in [5, 5.41) is 8.35. The maximum atomic E-state index is 4.20. The van der Waals surface area contributed by atoms with Crippen molar-refractivity contribution in [3.8, 4) is 0 Å². The molecule has 1 aromatic rings. The minimum Gasteiger partial charge on any atom is -0.207 e. The van der Waals surface area contributed by atoms with Gasteiger partial charge in [0.1, 0.15) is 7.05 Å². The molecule has 2 heterocycles. The normalized spacial score (nSPS) is 18.0. The molecule has 0 spiro atoms. The molecule has 0 aliphatic carbocycles. The van der Waals surface area contributed by atoms with Crippen LogP contribution in [-0.4, -0.2) is 18.7 Å². The van der Waals surface area contributed by atoms with E-state index in [4.69, 9.17) is 0 Å². The van der Waals surface area contributed by atoms with E-state index < -0.39 is 0 Å². The second kappa shape index (κ2) is 3.24. The van der Waals surface area contributed by atoms with Crippen molar-refractivity contribution in [1.82, 2.24) is 0 Å². The standard InChI is InChI=1S/C11H16N4/c1-9-7-14(2)6-5-10(9)11-8-15(3,4)13-12-11/h5-8H,1-4H3/q+2. The summed E-state index contributed by atoms with van der Waals surface area (Å²) in [6.07, 6.45) is 6.16. The van der Waals surface area contributed by atoms with Gasteiger partial charge in [0.25, 0.3) is 0 Å². The largest absolute Gasteiger partial charge is 0.207 e. The Morgan fingerprint density at radius 2 is 2.07 bits per heavy atom. The van der Waals surface area contributed by atoms with E-state index in [0.29, 0.717) is 4.59 Å². The summed E-state index contributed by atoms with van der Waals surface area (Å²) in [5.41, 5.74) is 3.32. The fraction of sp³-hybridized carbons (Fsp3) is 0.364. The number of aryl methyl sites for hydroxylation is 2. The summed E-state index contributed by atoms with van der Waals surface area (Å²) < 4.78 is 2.50. The van der Waals surface area contributed by atoms with Crippen molar-refractivity contribution in [2.24, 2.45) is 17.4 Å². The fourth-order valence-corrected chi connectivity index (χ4v) is 1.67. The van der Waals surface area contributed by atoms with Crippen LogP contribution in [0.15, 0.2) is 35.0 Å². The van der Waals surface area contributed by atoms with E-state index >= 15 is 0 Å². The third-order valence-electron chi connectivity index (χ3n) is 2.40. The van der Waals surface area contributed by atoms with E-state index in [2.05, 4.69) is 29.5 Å². The lowest BCUT2D eigenvalue weighted by atomic mass is 10.1. The smallest absolute Gasteiger partial charge is 0.172 e. The molecular weight excluding hydrogens is 188 g/mol. The quantitative estimate of drug-likeness (QED) is 0.491. The second-order valence-corrected chi connectivity index (χ2v) is 4.39. The molecule has 0 aromatic carbocycles. The fourth-order valence-electron chi connectivity index (χ4n) is 1.67. The van der Waals surface area contributed by atoms with Gasteiger partial charge in [-0.05, 0) is 6.92 Å². The number of hydrogen-bond acceptors (Lipinski definition) is 2. The Labute approximate surface area is 89.7 Å². The topological polar surface area (TPSA) is 28.6 Å². The third kappa shape index (κ3) is 1.94. The maximum Gasteiger partial charge on any atom is 0.172 e. The lowest BCUT2D eigenvalue weighted by molar-refractivity contribution is -0.846. The van der Waals surface area contributed by atoms with Gasteiger partial charge in [0.15, 0.2) is 24.3 Å². The van der Waals surface area contributed by atoms with Gasteiger partial charge in [-0.25, -0.2) is 4.57 Å². The Balaban J connectivity index is 2.45. The summed E-state index contributed by atoms with van der Waals surface area (Å²) in [6, 6.07) is 2.07. The molecule has 4 nitrogen and oxygen atoms in total. The number of nitrogens with zero attached hydrogens (tertiary/aromatic N) is 4. The molecule has 1 aromatic heterocycles. The maximum absolute atomic E-state index is 4.20. The van der Waals surface area contributed by atoms with Gasteiger partial charge < -0.3 is 0 Å². The zero-order valence-corrected chi connectivity index (χ0v) is 9.60. The van der Waals surface area contributed by atoms with Gasteiger partial charge in [0.2, 0.25) is 0 Å². The molecular formula is C11H16N4+2. The number of pyridine rings is 1. The van der Waals surface area contributed by atoms with Gasteiger partial charge in [-0.3, -0.25) is 0 Å². The molecule has 0 unspecified atom stereocenters. The average Bonchev–Trinajstić information content (AvgIpc) is 2.46. The van der Waals surface area contributed by atoms with Crippen LogP contribution in [0.2, 0.25) is 0 Å². The average molecular weight is 204 g/mol. The van der Waals surface area contributed by atoms with E-state index in [1.165, 1.54) is 5.56 Å². The van der Waals surface area contributed by atoms with Crippen molar-refractivity contribution in [3.05, 3.63) is 35.8 Å². The van der Waals surface area contributed by atoms with Crippen LogP contribution in [0.5, 0.6) is 0 Å². The predicted octanol–water partition coefficient (Wildman–Crippen LogP) is 1.58. The van der Waals surface area contributed by atoms with E-state index in [1.54, 1.807) is 0 Å². The first-order chi connectivity index (χ1) is 6.98. The highest BCUT2D eigenvalue weighted by atomic mass is 15.7. The van der Waals surface area contributed by atoms with Gasteiger partial charge >= 0.3 is 0 Å². The Bertz CT molecular complexity index is 458. The third-order valence-corrected chi connectivity index (χ3v) is 2.40. The molecule has 0 atom stereocenters. The van der Waals surface area contributed by atoms with Gasteiger partial charge in [-0.2, -0.15) is 4.59 Å². The number of quaternary nitrogens is 1. The molecule has 0 fully saturated rings. The lowest BCUT2D eigenvalue weighted by Crippen LogP contribution is -2.27. The zero-order valence-electron chi connectivity index (χ0n) is 9.60. The molecule has 1 aliphatic heterocycles. The second-order valence-electron chi connectivity index (χ2n) is 4.39. The monoisotopic (exact) mass is 204 g/mol. The minimum atomic E-state index is 0.468. The van der Waals surface area contributed by atoms with E-state index in [0.717, 1.165) is 11.3 Å². The van der Waals surface area contributed by atoms with Crippen LogP contribution in [0, 0.1) is 6.92 Å². The van der Waals surface area contributed by atoms with Crippen molar-refractivity contribution >= 4 is 5.70 Å². The van der Waals surface area contributed by atoms with Crippen LogP contribution in [0.1, 0.15) is 11.1 Å². The highest BCUT2D eigenvalue weighted by Crippen LogP contribution is 2.26. The summed E-state index contributed by atoms with van der Waals surface area (Å²) in [6.45, 7) is 2.09. The van der Waals surface area contributed by atoms with Crippen molar-refractivity contribution in [2.75, 3.05) is 14.1 Å². The van der Waals surface area contributed by atoms with Crippen molar-refractivity contribution in [2.45, 2.75) is 6.92 Å². The number of hydrogen-bond donors (Lipinski definition) is 0. The lowest BCUT2D eigenvalue weighted by Gasteiger charge is -2.08. The van der Waals surface area contributed by atoms with Crippen LogP contribution in [0.25, 0.3) is 5.70 Å². The molecule has 0 amide bonds. The Hall–Kier alpha value is -1.55. The first-order valence-electron chi connectivity index (χ1n) is 4.94. The van der Waals surface area contributed by atoms with E-state index in [9.17, 15) is 0 Å². The van der Waals surface area contributed by atoms with Crippen molar-refractivity contribution in [3.63, 3.8) is 0 Å². The molecule has 0 radical (unpaired) electrons. The highest BCUT2D eigenvalue weighted by molar-refractivity contribution is 5.65. The summed E-state index contributed by atoms with van der Waals surface area (Å²) in [7, 11) is 6.00. The van der Waals surface area contributed by atoms with Gasteiger partial charge in [0.05, 0.1) is 14.1 Å². The molecule has 1 aliphatic rings. The van der Waals surface area contributed by atoms with Crippen LogP contribution in [-0.2, 0) is 7.05 Å². The van der Waals surface area contributed by atoms with E-state index in [1.807, 2.05) is 38.1 Å². The molecule has 0 N–H and O–H groups in total. The van der Waals surface area contributed by atoms with Crippen molar-refractivity contribution < 1.29 is 9.16 Å². The summed E-state index contributed by atoms with van der Waals surface area (Å²) >= 11 is 0. The first-order valence-corrected chi connectivity index (χ1v) is 4.94. The zero-order chi connectivity index (χ0) is 11.1. The Morgan fingerprint density at radius 3 is 2.60 bits per heavy atom. The molecule has 4 heteroatoms. The Kier molecular flexibility index (Phi) is 2.16. The highest BCUT2D eigenvalue weighted by Gasteiger charge is 2.23. The van der Waals surface area contributed by atoms with Gasteiger partial charge in [-0.1, -0.05) is 5.11 Å². The van der Waals surface area contributed by atoms with Crippen LogP contribution < -0.4 is 4.57 Å². The SMILES string of the molecule is Cc1c[n+](C)ccc1C1=C[N+](C)(C)N=N1. The van der Waals surface area contributed by atoms with Gasteiger partial charge in [0, 0.05) is 22.4 Å². The predicted molar refractivity (Wildman–Crippen MR) is 57.3 cm³/mol. The van der Waals surface area contributed by atoms with Crippen LogP contribution >= 0.6 is 0 Å². The molecule has 0 saturated carbocycles. The minimum absolute atomic E-state index is 0.468. The Morgan fingerprint density at radius 1 is 1.33 bits per heavy atom. The van der Waals surface area contributed by atoms with Crippen molar-refractivity contribution in [1.29, 1.82) is 0 Å².